The summed E-state index contributed by atoms with van der Waals surface area (Å²) in [5.74, 6) is 0.0563. The number of rotatable bonds is 3. The van der Waals surface area contributed by atoms with E-state index < -0.39 is 0 Å². The summed E-state index contributed by atoms with van der Waals surface area (Å²) < 4.78 is 17.7. The Bertz CT molecular complexity index is 538. The Morgan fingerprint density at radius 3 is 2.47 bits per heavy atom. The third-order valence-corrected chi connectivity index (χ3v) is 2.38. The van der Waals surface area contributed by atoms with E-state index >= 15 is 0 Å². The van der Waals surface area contributed by atoms with E-state index in [9.17, 15) is 9.18 Å². The lowest BCUT2D eigenvalue weighted by Crippen LogP contribution is -1.95. The van der Waals surface area contributed by atoms with Gasteiger partial charge in [-0.1, -0.05) is 12.1 Å². The van der Waals surface area contributed by atoms with Crippen molar-refractivity contribution < 1.29 is 13.9 Å². The quantitative estimate of drug-likeness (QED) is 0.762. The molecule has 0 aliphatic carbocycles. The predicted molar refractivity (Wildman–Crippen MR) is 61.6 cm³/mol. The Labute approximate surface area is 97.9 Å². The zero-order valence-corrected chi connectivity index (χ0v) is 9.18. The van der Waals surface area contributed by atoms with Crippen molar-refractivity contribution in [3.8, 4) is 17.0 Å². The number of methoxy groups -OCH3 is 1. The first kappa shape index (κ1) is 11.3. The van der Waals surface area contributed by atoms with Crippen LogP contribution in [0.2, 0.25) is 0 Å². The van der Waals surface area contributed by atoms with E-state index in [1.165, 1.54) is 19.2 Å². The average molecular weight is 231 g/mol. The summed E-state index contributed by atoms with van der Waals surface area (Å²) in [5, 5.41) is 0. The zero-order valence-electron chi connectivity index (χ0n) is 9.18. The van der Waals surface area contributed by atoms with E-state index in [2.05, 4.69) is 4.98 Å². The van der Waals surface area contributed by atoms with Gasteiger partial charge in [-0.3, -0.25) is 4.79 Å². The number of carbonyl (C=O) groups excluding carboxylic acids is 1. The van der Waals surface area contributed by atoms with Gasteiger partial charge in [0.15, 0.2) is 6.29 Å². The fourth-order valence-corrected chi connectivity index (χ4v) is 1.53. The van der Waals surface area contributed by atoms with Crippen LogP contribution in [0.25, 0.3) is 11.1 Å². The normalized spacial score (nSPS) is 10.0. The van der Waals surface area contributed by atoms with E-state index in [4.69, 9.17) is 4.74 Å². The first-order chi connectivity index (χ1) is 8.24. The maximum absolute atomic E-state index is 12.8. The molecule has 17 heavy (non-hydrogen) atoms. The Morgan fingerprint density at radius 2 is 1.88 bits per heavy atom. The van der Waals surface area contributed by atoms with E-state index in [0.29, 0.717) is 17.7 Å². The van der Waals surface area contributed by atoms with Crippen LogP contribution in [0.3, 0.4) is 0 Å². The van der Waals surface area contributed by atoms with Crippen LogP contribution in [0.15, 0.2) is 36.4 Å². The van der Waals surface area contributed by atoms with Crippen LogP contribution < -0.4 is 4.74 Å². The molecule has 0 radical (unpaired) electrons. The maximum Gasteiger partial charge on any atom is 0.213 e. The van der Waals surface area contributed by atoms with Crippen LogP contribution in [0, 0.1) is 5.82 Å². The molecule has 0 aliphatic rings. The van der Waals surface area contributed by atoms with Crippen LogP contribution in [0.5, 0.6) is 5.88 Å². The van der Waals surface area contributed by atoms with Gasteiger partial charge in [0.1, 0.15) is 11.5 Å². The molecule has 0 unspecified atom stereocenters. The summed E-state index contributed by atoms with van der Waals surface area (Å²) in [5.41, 5.74) is 1.67. The molecule has 0 fully saturated rings. The van der Waals surface area contributed by atoms with Gasteiger partial charge >= 0.3 is 0 Å². The van der Waals surface area contributed by atoms with Gasteiger partial charge in [0, 0.05) is 11.6 Å². The third kappa shape index (κ3) is 2.30. The SMILES string of the molecule is COc1ccc(-c2ccc(F)cc2)c(C=O)n1. The molecule has 1 aromatic carbocycles. The minimum atomic E-state index is -0.317. The van der Waals surface area contributed by atoms with Crippen molar-refractivity contribution in [2.45, 2.75) is 0 Å². The first-order valence-electron chi connectivity index (χ1n) is 5.00. The number of halogens is 1. The molecule has 1 aromatic heterocycles. The van der Waals surface area contributed by atoms with E-state index in [0.717, 1.165) is 5.56 Å². The number of ether oxygens (including phenoxy) is 1. The lowest BCUT2D eigenvalue weighted by molar-refractivity contribution is 0.111. The highest BCUT2D eigenvalue weighted by Crippen LogP contribution is 2.23. The minimum absolute atomic E-state index is 0.274. The molecular weight excluding hydrogens is 221 g/mol. The molecule has 2 rings (SSSR count). The molecule has 0 saturated heterocycles. The Balaban J connectivity index is 2.51. The number of aldehydes is 1. The Kier molecular flexibility index (Phi) is 3.14. The highest BCUT2D eigenvalue weighted by Gasteiger charge is 2.07. The van der Waals surface area contributed by atoms with Gasteiger partial charge in [0.2, 0.25) is 5.88 Å². The van der Waals surface area contributed by atoms with Gasteiger partial charge in [-0.2, -0.15) is 0 Å². The molecule has 0 saturated carbocycles. The molecule has 3 nitrogen and oxygen atoms in total. The summed E-state index contributed by atoms with van der Waals surface area (Å²) >= 11 is 0. The van der Waals surface area contributed by atoms with E-state index in [1.54, 1.807) is 24.3 Å². The fraction of sp³-hybridized carbons (Fsp3) is 0.0769. The van der Waals surface area contributed by atoms with Crippen LogP contribution in [0.4, 0.5) is 4.39 Å². The summed E-state index contributed by atoms with van der Waals surface area (Å²) in [6, 6.07) is 9.27. The molecule has 4 heteroatoms. The van der Waals surface area contributed by atoms with Crippen molar-refractivity contribution >= 4 is 6.29 Å². The summed E-state index contributed by atoms with van der Waals surface area (Å²) in [6.07, 6.45) is 0.654. The van der Waals surface area contributed by atoms with Gasteiger partial charge in [-0.05, 0) is 23.8 Å². The molecule has 0 aliphatic heterocycles. The van der Waals surface area contributed by atoms with Gasteiger partial charge < -0.3 is 4.74 Å². The van der Waals surface area contributed by atoms with Crippen LogP contribution in [-0.2, 0) is 0 Å². The summed E-state index contributed by atoms with van der Waals surface area (Å²) in [6.45, 7) is 0. The molecule has 2 aromatic rings. The van der Waals surface area contributed by atoms with Crippen molar-refractivity contribution in [1.82, 2.24) is 4.98 Å². The predicted octanol–water partition coefficient (Wildman–Crippen LogP) is 2.71. The molecule has 0 spiro atoms. The second kappa shape index (κ2) is 4.74. The second-order valence-electron chi connectivity index (χ2n) is 3.41. The van der Waals surface area contributed by atoms with Crippen LogP contribution in [0.1, 0.15) is 10.5 Å². The van der Waals surface area contributed by atoms with Crippen LogP contribution in [-0.4, -0.2) is 18.4 Å². The lowest BCUT2D eigenvalue weighted by atomic mass is 10.0. The average Bonchev–Trinajstić information content (AvgIpc) is 2.39. The molecular formula is C13H10FNO2. The number of aromatic nitrogens is 1. The van der Waals surface area contributed by atoms with E-state index in [1.807, 2.05) is 0 Å². The second-order valence-corrected chi connectivity index (χ2v) is 3.41. The molecule has 1 heterocycles. The van der Waals surface area contributed by atoms with Crippen molar-refractivity contribution in [2.75, 3.05) is 7.11 Å². The zero-order chi connectivity index (χ0) is 12.3. The fourth-order valence-electron chi connectivity index (χ4n) is 1.53. The van der Waals surface area contributed by atoms with Gasteiger partial charge in [0.25, 0.3) is 0 Å². The molecule has 0 amide bonds. The van der Waals surface area contributed by atoms with Gasteiger partial charge in [-0.15, -0.1) is 0 Å². The topological polar surface area (TPSA) is 39.2 Å². The van der Waals surface area contributed by atoms with Gasteiger partial charge in [0.05, 0.1) is 7.11 Å². The highest BCUT2D eigenvalue weighted by molar-refractivity contribution is 5.85. The number of hydrogen-bond acceptors (Lipinski definition) is 3. The number of hydrogen-bond donors (Lipinski definition) is 0. The summed E-state index contributed by atoms with van der Waals surface area (Å²) in [7, 11) is 1.48. The standard InChI is InChI=1S/C13H10FNO2/c1-17-13-7-6-11(12(8-16)15-13)9-2-4-10(14)5-3-9/h2-8H,1H3. The lowest BCUT2D eigenvalue weighted by Gasteiger charge is -2.06. The smallest absolute Gasteiger partial charge is 0.213 e. The first-order valence-corrected chi connectivity index (χ1v) is 5.00. The number of nitrogens with zero attached hydrogens (tertiary/aromatic N) is 1. The van der Waals surface area contributed by atoms with Crippen molar-refractivity contribution in [3.63, 3.8) is 0 Å². The van der Waals surface area contributed by atoms with Gasteiger partial charge in [-0.25, -0.2) is 9.37 Å². The molecule has 0 N–H and O–H groups in total. The largest absolute Gasteiger partial charge is 0.481 e. The van der Waals surface area contributed by atoms with Crippen LogP contribution >= 0.6 is 0 Å². The number of benzene rings is 1. The molecule has 86 valence electrons. The number of pyridine rings is 1. The Morgan fingerprint density at radius 1 is 1.18 bits per heavy atom. The molecule has 0 bridgehead atoms. The Hall–Kier alpha value is -2.23. The van der Waals surface area contributed by atoms with E-state index in [-0.39, 0.29) is 11.5 Å². The third-order valence-electron chi connectivity index (χ3n) is 2.38. The maximum atomic E-state index is 12.8. The van der Waals surface area contributed by atoms with Crippen molar-refractivity contribution in [3.05, 3.63) is 47.9 Å². The number of carbonyl (C=O) groups is 1. The minimum Gasteiger partial charge on any atom is -0.481 e. The van der Waals surface area contributed by atoms with Crippen molar-refractivity contribution in [1.29, 1.82) is 0 Å². The monoisotopic (exact) mass is 231 g/mol. The molecule has 0 atom stereocenters. The van der Waals surface area contributed by atoms with Crippen molar-refractivity contribution in [2.24, 2.45) is 0 Å². The highest BCUT2D eigenvalue weighted by atomic mass is 19.1. The summed E-state index contributed by atoms with van der Waals surface area (Å²) in [4.78, 5) is 15.0.